The third-order valence-corrected chi connectivity index (χ3v) is 3.64. The highest BCUT2D eigenvalue weighted by Crippen LogP contribution is 2.09. The normalized spacial score (nSPS) is 17.1. The molecule has 2 amide bonds. The molecule has 0 radical (unpaired) electrons. The van der Waals surface area contributed by atoms with Crippen molar-refractivity contribution in [2.45, 2.75) is 45.4 Å². The van der Waals surface area contributed by atoms with Crippen LogP contribution in [-0.4, -0.2) is 42.9 Å². The summed E-state index contributed by atoms with van der Waals surface area (Å²) in [7, 11) is 0. The van der Waals surface area contributed by atoms with Crippen molar-refractivity contribution in [3.05, 3.63) is 0 Å². The lowest BCUT2D eigenvalue weighted by atomic mass is 10.0. The Morgan fingerprint density at radius 1 is 1.26 bits per heavy atom. The third-order valence-electron chi connectivity index (χ3n) is 3.64. The van der Waals surface area contributed by atoms with Crippen LogP contribution in [0.2, 0.25) is 0 Å². The Morgan fingerprint density at radius 2 is 1.95 bits per heavy atom. The minimum atomic E-state index is -0.116. The standard InChI is InChI=1S/C14H27N3O2/c1-2-6-12(11-15)14(19)16-8-7-13(18)17-9-4-3-5-10-17/h12H,2-11,15H2,1H3,(H,16,19). The Labute approximate surface area is 115 Å². The zero-order valence-electron chi connectivity index (χ0n) is 12.0. The summed E-state index contributed by atoms with van der Waals surface area (Å²) in [5, 5.41) is 2.82. The monoisotopic (exact) mass is 269 g/mol. The van der Waals surface area contributed by atoms with E-state index >= 15 is 0 Å². The molecule has 0 aliphatic carbocycles. The lowest BCUT2D eigenvalue weighted by molar-refractivity contribution is -0.132. The Balaban J connectivity index is 2.21. The predicted octanol–water partition coefficient (Wildman–Crippen LogP) is 0.880. The van der Waals surface area contributed by atoms with Crippen LogP contribution in [0, 0.1) is 5.92 Å². The molecule has 0 spiro atoms. The van der Waals surface area contributed by atoms with Crippen molar-refractivity contribution in [3.63, 3.8) is 0 Å². The third kappa shape index (κ3) is 5.59. The number of carbonyl (C=O) groups excluding carboxylic acids is 2. The summed E-state index contributed by atoms with van der Waals surface area (Å²) in [5.74, 6) is 0.0191. The molecule has 0 aromatic carbocycles. The first-order chi connectivity index (χ1) is 9.19. The number of likely N-dealkylation sites (tertiary alicyclic amines) is 1. The molecule has 1 atom stereocenters. The molecule has 1 unspecified atom stereocenters. The number of nitrogens with zero attached hydrogens (tertiary/aromatic N) is 1. The molecule has 1 rings (SSSR count). The Kier molecular flexibility index (Phi) is 7.48. The second kappa shape index (κ2) is 8.91. The van der Waals surface area contributed by atoms with Crippen LogP contribution in [0.5, 0.6) is 0 Å². The van der Waals surface area contributed by atoms with E-state index in [0.29, 0.717) is 19.5 Å². The van der Waals surface area contributed by atoms with Gasteiger partial charge in [0.05, 0.1) is 5.92 Å². The summed E-state index contributed by atoms with van der Waals surface area (Å²) >= 11 is 0. The van der Waals surface area contributed by atoms with Gasteiger partial charge in [-0.25, -0.2) is 0 Å². The summed E-state index contributed by atoms with van der Waals surface area (Å²) in [5.41, 5.74) is 5.57. The van der Waals surface area contributed by atoms with Crippen molar-refractivity contribution in [2.75, 3.05) is 26.2 Å². The molecule has 1 heterocycles. The van der Waals surface area contributed by atoms with Crippen molar-refractivity contribution in [2.24, 2.45) is 11.7 Å². The van der Waals surface area contributed by atoms with Crippen LogP contribution in [0.3, 0.4) is 0 Å². The number of hydrogen-bond acceptors (Lipinski definition) is 3. The molecular formula is C14H27N3O2. The molecule has 0 bridgehead atoms. The Morgan fingerprint density at radius 3 is 2.53 bits per heavy atom. The van der Waals surface area contributed by atoms with E-state index < -0.39 is 0 Å². The number of amides is 2. The van der Waals surface area contributed by atoms with Crippen molar-refractivity contribution < 1.29 is 9.59 Å². The summed E-state index contributed by atoms with van der Waals surface area (Å²) in [6.07, 6.45) is 5.57. The van der Waals surface area contributed by atoms with Gasteiger partial charge < -0.3 is 16.0 Å². The largest absolute Gasteiger partial charge is 0.355 e. The average Bonchev–Trinajstić information content (AvgIpc) is 2.45. The second-order valence-corrected chi connectivity index (χ2v) is 5.20. The summed E-state index contributed by atoms with van der Waals surface area (Å²) in [6, 6.07) is 0. The maximum absolute atomic E-state index is 11.9. The number of hydrogen-bond donors (Lipinski definition) is 2. The van der Waals surface area contributed by atoms with Crippen molar-refractivity contribution in [1.29, 1.82) is 0 Å². The van der Waals surface area contributed by atoms with Gasteiger partial charge in [-0.1, -0.05) is 13.3 Å². The summed E-state index contributed by atoms with van der Waals surface area (Å²) in [6.45, 7) is 4.58. The van der Waals surface area contributed by atoms with Gasteiger partial charge in [-0.2, -0.15) is 0 Å². The summed E-state index contributed by atoms with van der Waals surface area (Å²) < 4.78 is 0. The zero-order chi connectivity index (χ0) is 14.1. The molecule has 1 saturated heterocycles. The van der Waals surface area contributed by atoms with Crippen LogP contribution in [-0.2, 0) is 9.59 Å². The van der Waals surface area contributed by atoms with E-state index in [-0.39, 0.29) is 17.7 Å². The van der Waals surface area contributed by atoms with Gasteiger partial charge in [0, 0.05) is 32.6 Å². The minimum Gasteiger partial charge on any atom is -0.355 e. The van der Waals surface area contributed by atoms with Gasteiger partial charge in [0.15, 0.2) is 0 Å². The van der Waals surface area contributed by atoms with Gasteiger partial charge >= 0.3 is 0 Å². The first kappa shape index (κ1) is 16.0. The van der Waals surface area contributed by atoms with E-state index in [4.69, 9.17) is 5.73 Å². The van der Waals surface area contributed by atoms with Gasteiger partial charge in [0.2, 0.25) is 11.8 Å². The van der Waals surface area contributed by atoms with Gasteiger partial charge in [-0.05, 0) is 25.7 Å². The highest BCUT2D eigenvalue weighted by Gasteiger charge is 2.18. The fraction of sp³-hybridized carbons (Fsp3) is 0.857. The number of nitrogens with one attached hydrogen (secondary N) is 1. The summed E-state index contributed by atoms with van der Waals surface area (Å²) in [4.78, 5) is 25.6. The number of rotatable bonds is 7. The lowest BCUT2D eigenvalue weighted by Gasteiger charge is -2.26. The highest BCUT2D eigenvalue weighted by atomic mass is 16.2. The van der Waals surface area contributed by atoms with E-state index in [1.54, 1.807) is 0 Å². The number of piperidine rings is 1. The fourth-order valence-electron chi connectivity index (χ4n) is 2.44. The maximum Gasteiger partial charge on any atom is 0.224 e. The molecule has 3 N–H and O–H groups in total. The predicted molar refractivity (Wildman–Crippen MR) is 75.5 cm³/mol. The van der Waals surface area contributed by atoms with Crippen LogP contribution in [0.25, 0.3) is 0 Å². The average molecular weight is 269 g/mol. The van der Waals surface area contributed by atoms with Crippen molar-refractivity contribution in [3.8, 4) is 0 Å². The second-order valence-electron chi connectivity index (χ2n) is 5.20. The Bertz CT molecular complexity index is 272. The molecule has 1 fully saturated rings. The van der Waals surface area contributed by atoms with Crippen molar-refractivity contribution in [1.82, 2.24) is 10.2 Å². The quantitative estimate of drug-likeness (QED) is 0.720. The molecule has 0 aromatic rings. The van der Waals surface area contributed by atoms with Gasteiger partial charge in [0.25, 0.3) is 0 Å². The van der Waals surface area contributed by atoms with E-state index in [9.17, 15) is 9.59 Å². The van der Waals surface area contributed by atoms with Crippen LogP contribution in [0.1, 0.15) is 45.4 Å². The molecular weight excluding hydrogens is 242 g/mol. The molecule has 1 aliphatic rings. The first-order valence-electron chi connectivity index (χ1n) is 7.44. The molecule has 19 heavy (non-hydrogen) atoms. The molecule has 0 aromatic heterocycles. The highest BCUT2D eigenvalue weighted by molar-refractivity contribution is 5.80. The fourth-order valence-corrected chi connectivity index (χ4v) is 2.44. The smallest absolute Gasteiger partial charge is 0.224 e. The maximum atomic E-state index is 11.9. The lowest BCUT2D eigenvalue weighted by Crippen LogP contribution is -2.39. The van der Waals surface area contributed by atoms with Crippen LogP contribution in [0.15, 0.2) is 0 Å². The van der Waals surface area contributed by atoms with E-state index in [1.165, 1.54) is 6.42 Å². The van der Waals surface area contributed by atoms with E-state index in [1.807, 2.05) is 11.8 Å². The van der Waals surface area contributed by atoms with Crippen LogP contribution < -0.4 is 11.1 Å². The molecule has 1 aliphatic heterocycles. The Hall–Kier alpha value is -1.10. The topological polar surface area (TPSA) is 75.4 Å². The zero-order valence-corrected chi connectivity index (χ0v) is 12.0. The number of carbonyl (C=O) groups is 2. The van der Waals surface area contributed by atoms with Crippen molar-refractivity contribution >= 4 is 11.8 Å². The minimum absolute atomic E-state index is 0.0178. The molecule has 110 valence electrons. The molecule has 5 heteroatoms. The van der Waals surface area contributed by atoms with Crippen LogP contribution in [0.4, 0.5) is 0 Å². The molecule has 5 nitrogen and oxygen atoms in total. The van der Waals surface area contributed by atoms with Crippen LogP contribution >= 0.6 is 0 Å². The van der Waals surface area contributed by atoms with E-state index in [0.717, 1.165) is 38.8 Å². The first-order valence-corrected chi connectivity index (χ1v) is 7.44. The van der Waals surface area contributed by atoms with Gasteiger partial charge in [-0.15, -0.1) is 0 Å². The van der Waals surface area contributed by atoms with E-state index in [2.05, 4.69) is 5.32 Å². The van der Waals surface area contributed by atoms with Gasteiger partial charge in [-0.3, -0.25) is 9.59 Å². The number of nitrogens with two attached hydrogens (primary N) is 1. The SMILES string of the molecule is CCCC(CN)C(=O)NCCC(=O)N1CCCCC1. The van der Waals surface area contributed by atoms with Gasteiger partial charge in [0.1, 0.15) is 0 Å². The molecule has 0 saturated carbocycles.